The number of hydrogen-bond acceptors (Lipinski definition) is 3. The maximum Gasteiger partial charge on any atom is 0.187 e. The van der Waals surface area contributed by atoms with Gasteiger partial charge in [0.1, 0.15) is 5.82 Å². The average molecular weight is 270 g/mol. The Bertz CT molecular complexity index is 741. The summed E-state index contributed by atoms with van der Waals surface area (Å²) in [6.07, 6.45) is 0. The quantitative estimate of drug-likeness (QED) is 0.665. The van der Waals surface area contributed by atoms with Gasteiger partial charge in [-0.2, -0.15) is 0 Å². The van der Waals surface area contributed by atoms with Crippen LogP contribution in [0, 0.1) is 5.82 Å². The summed E-state index contributed by atoms with van der Waals surface area (Å²) in [5, 5.41) is 0.969. The third-order valence-electron chi connectivity index (χ3n) is 3.45. The molecule has 0 fully saturated rings. The van der Waals surface area contributed by atoms with Crippen molar-refractivity contribution < 1.29 is 4.39 Å². The monoisotopic (exact) mass is 270 g/mol. The van der Waals surface area contributed by atoms with Gasteiger partial charge in [0, 0.05) is 13.1 Å². The van der Waals surface area contributed by atoms with Crippen molar-refractivity contribution in [2.24, 2.45) is 0 Å². The van der Waals surface area contributed by atoms with Crippen LogP contribution in [-0.2, 0) is 13.1 Å². The molecule has 0 amide bonds. The number of fused-ring (bicyclic) bond motifs is 2. The highest BCUT2D eigenvalue weighted by atomic mass is 32.1. The number of anilines is 1. The van der Waals surface area contributed by atoms with Crippen molar-refractivity contribution in [2.45, 2.75) is 13.1 Å². The largest absolute Gasteiger partial charge is 0.339 e. The summed E-state index contributed by atoms with van der Waals surface area (Å²) < 4.78 is 14.1. The molecular formula is C15H11FN2S. The summed E-state index contributed by atoms with van der Waals surface area (Å²) in [6.45, 7) is 1.77. The summed E-state index contributed by atoms with van der Waals surface area (Å²) in [5.74, 6) is -0.201. The number of rotatable bonds is 1. The molecule has 1 aliphatic rings. The molecule has 4 heteroatoms. The van der Waals surface area contributed by atoms with Crippen molar-refractivity contribution in [3.8, 4) is 0 Å². The van der Waals surface area contributed by atoms with Crippen LogP contribution in [0.2, 0.25) is 0 Å². The van der Waals surface area contributed by atoms with E-state index in [-0.39, 0.29) is 5.82 Å². The molecule has 0 aliphatic carbocycles. The number of hydrogen-bond donors (Lipinski definition) is 0. The molecule has 0 N–H and O–H groups in total. The van der Waals surface area contributed by atoms with E-state index in [1.165, 1.54) is 17.2 Å². The molecule has 1 aliphatic heterocycles. The predicted molar refractivity (Wildman–Crippen MR) is 75.9 cm³/mol. The summed E-state index contributed by atoms with van der Waals surface area (Å²) in [7, 11) is 0. The number of aromatic nitrogens is 1. The molecule has 94 valence electrons. The number of nitrogens with zero attached hydrogens (tertiary/aromatic N) is 2. The molecule has 0 radical (unpaired) electrons. The molecule has 2 heterocycles. The summed E-state index contributed by atoms with van der Waals surface area (Å²) in [6, 6.07) is 13.2. The Morgan fingerprint density at radius 1 is 1.05 bits per heavy atom. The number of benzene rings is 2. The lowest BCUT2D eigenvalue weighted by molar-refractivity contribution is 0.630. The molecule has 2 nitrogen and oxygen atoms in total. The first-order valence-electron chi connectivity index (χ1n) is 6.17. The topological polar surface area (TPSA) is 16.1 Å². The molecular weight excluding hydrogens is 259 g/mol. The Morgan fingerprint density at radius 3 is 2.53 bits per heavy atom. The average Bonchev–Trinajstić information content (AvgIpc) is 3.00. The van der Waals surface area contributed by atoms with E-state index in [9.17, 15) is 4.39 Å². The van der Waals surface area contributed by atoms with Crippen LogP contribution in [0.5, 0.6) is 0 Å². The maximum absolute atomic E-state index is 13.2. The Morgan fingerprint density at radius 2 is 1.79 bits per heavy atom. The fraction of sp³-hybridized carbons (Fsp3) is 0.133. The zero-order valence-electron chi connectivity index (χ0n) is 10.1. The van der Waals surface area contributed by atoms with Crippen molar-refractivity contribution in [3.05, 3.63) is 59.4 Å². The van der Waals surface area contributed by atoms with Crippen LogP contribution >= 0.6 is 11.3 Å². The van der Waals surface area contributed by atoms with Gasteiger partial charge in [0.15, 0.2) is 5.13 Å². The maximum atomic E-state index is 13.2. The van der Waals surface area contributed by atoms with Crippen LogP contribution in [-0.4, -0.2) is 4.98 Å². The first-order valence-corrected chi connectivity index (χ1v) is 6.99. The van der Waals surface area contributed by atoms with Crippen LogP contribution in [0.15, 0.2) is 42.5 Å². The SMILES string of the molecule is Fc1ccc2nc(N3Cc4ccccc4C3)sc2c1. The van der Waals surface area contributed by atoms with Crippen molar-refractivity contribution in [1.29, 1.82) is 0 Å². The van der Waals surface area contributed by atoms with Gasteiger partial charge >= 0.3 is 0 Å². The smallest absolute Gasteiger partial charge is 0.187 e. The summed E-state index contributed by atoms with van der Waals surface area (Å²) >= 11 is 1.55. The van der Waals surface area contributed by atoms with Crippen molar-refractivity contribution in [1.82, 2.24) is 4.98 Å². The van der Waals surface area contributed by atoms with Gasteiger partial charge in [0.05, 0.1) is 10.2 Å². The van der Waals surface area contributed by atoms with Gasteiger partial charge in [-0.3, -0.25) is 0 Å². The van der Waals surface area contributed by atoms with E-state index >= 15 is 0 Å². The molecule has 0 saturated heterocycles. The number of thiazole rings is 1. The second-order valence-electron chi connectivity index (χ2n) is 4.73. The fourth-order valence-corrected chi connectivity index (χ4v) is 3.48. The van der Waals surface area contributed by atoms with Crippen molar-refractivity contribution in [2.75, 3.05) is 4.90 Å². The zero-order valence-corrected chi connectivity index (χ0v) is 11.0. The molecule has 0 unspecified atom stereocenters. The van der Waals surface area contributed by atoms with E-state index in [2.05, 4.69) is 34.1 Å². The predicted octanol–water partition coefficient (Wildman–Crippen LogP) is 3.96. The Kier molecular flexibility index (Phi) is 2.32. The minimum absolute atomic E-state index is 0.201. The third-order valence-corrected chi connectivity index (χ3v) is 4.53. The van der Waals surface area contributed by atoms with Gasteiger partial charge in [-0.05, 0) is 29.3 Å². The van der Waals surface area contributed by atoms with E-state index in [1.807, 2.05) is 0 Å². The zero-order chi connectivity index (χ0) is 12.8. The lowest BCUT2D eigenvalue weighted by Gasteiger charge is -2.12. The molecule has 3 aromatic rings. The van der Waals surface area contributed by atoms with Crippen LogP contribution in [0.1, 0.15) is 11.1 Å². The van der Waals surface area contributed by atoms with Gasteiger partial charge in [-0.1, -0.05) is 35.6 Å². The highest BCUT2D eigenvalue weighted by Gasteiger charge is 2.21. The van der Waals surface area contributed by atoms with E-state index in [0.29, 0.717) is 0 Å². The summed E-state index contributed by atoms with van der Waals surface area (Å²) in [4.78, 5) is 6.84. The van der Waals surface area contributed by atoms with Gasteiger partial charge in [0.25, 0.3) is 0 Å². The van der Waals surface area contributed by atoms with E-state index < -0.39 is 0 Å². The summed E-state index contributed by atoms with van der Waals surface area (Å²) in [5.41, 5.74) is 3.58. The lowest BCUT2D eigenvalue weighted by atomic mass is 10.1. The van der Waals surface area contributed by atoms with Gasteiger partial charge < -0.3 is 4.90 Å². The first-order chi connectivity index (χ1) is 9.29. The second-order valence-corrected chi connectivity index (χ2v) is 5.74. The highest BCUT2D eigenvalue weighted by Crippen LogP contribution is 2.34. The Balaban J connectivity index is 1.73. The van der Waals surface area contributed by atoms with Gasteiger partial charge in [-0.25, -0.2) is 9.37 Å². The molecule has 2 aromatic carbocycles. The van der Waals surface area contributed by atoms with Gasteiger partial charge in [0.2, 0.25) is 0 Å². The molecule has 0 atom stereocenters. The van der Waals surface area contributed by atoms with Crippen LogP contribution in [0.25, 0.3) is 10.2 Å². The first kappa shape index (κ1) is 10.9. The molecule has 0 saturated carbocycles. The Hall–Kier alpha value is -1.94. The Labute approximate surface area is 114 Å². The number of halogens is 1. The minimum Gasteiger partial charge on any atom is -0.339 e. The minimum atomic E-state index is -0.201. The molecule has 4 rings (SSSR count). The molecule has 0 spiro atoms. The van der Waals surface area contributed by atoms with Crippen LogP contribution in [0.4, 0.5) is 9.52 Å². The van der Waals surface area contributed by atoms with E-state index in [0.717, 1.165) is 28.4 Å². The standard InChI is InChI=1S/C15H11FN2S/c16-12-5-6-13-14(7-12)19-15(17-13)18-8-10-3-1-2-4-11(10)9-18/h1-7H,8-9H2. The molecule has 0 bridgehead atoms. The van der Waals surface area contributed by atoms with Crippen LogP contribution in [0.3, 0.4) is 0 Å². The third kappa shape index (κ3) is 1.79. The van der Waals surface area contributed by atoms with E-state index in [1.54, 1.807) is 23.5 Å². The highest BCUT2D eigenvalue weighted by molar-refractivity contribution is 7.22. The lowest BCUT2D eigenvalue weighted by Crippen LogP contribution is -2.13. The normalized spacial score (nSPS) is 14.1. The van der Waals surface area contributed by atoms with E-state index in [4.69, 9.17) is 0 Å². The van der Waals surface area contributed by atoms with Crippen molar-refractivity contribution >= 4 is 26.7 Å². The molecule has 1 aromatic heterocycles. The van der Waals surface area contributed by atoms with Crippen LogP contribution < -0.4 is 4.90 Å². The molecule has 19 heavy (non-hydrogen) atoms. The fourth-order valence-electron chi connectivity index (χ4n) is 2.49. The van der Waals surface area contributed by atoms with Crippen molar-refractivity contribution in [3.63, 3.8) is 0 Å². The van der Waals surface area contributed by atoms with Gasteiger partial charge in [-0.15, -0.1) is 0 Å². The second kappa shape index (κ2) is 4.03.